The number of fused-ring (bicyclic) bond motifs is 1. The first-order valence-electron chi connectivity index (χ1n) is 9.51. The van der Waals surface area contributed by atoms with E-state index in [1.54, 1.807) is 7.11 Å². The molecule has 0 amide bonds. The minimum atomic E-state index is -0.923. The summed E-state index contributed by atoms with van der Waals surface area (Å²) in [5.41, 5.74) is 0.783. The smallest absolute Gasteiger partial charge is 0.168 e. The van der Waals surface area contributed by atoms with E-state index in [0.717, 1.165) is 41.4 Å². The summed E-state index contributed by atoms with van der Waals surface area (Å²) in [4.78, 5) is 2.25. The number of hydrogen-bond acceptors (Lipinski definition) is 5. The molecule has 5 heteroatoms. The molecule has 4 unspecified atom stereocenters. The van der Waals surface area contributed by atoms with E-state index in [1.807, 2.05) is 19.1 Å². The molecule has 142 valence electrons. The summed E-state index contributed by atoms with van der Waals surface area (Å²) in [5, 5.41) is 12.0. The Morgan fingerprint density at radius 3 is 2.85 bits per heavy atom. The maximum Gasteiger partial charge on any atom is 0.168 e. The summed E-state index contributed by atoms with van der Waals surface area (Å²) >= 11 is 0. The van der Waals surface area contributed by atoms with Crippen LogP contribution in [-0.2, 0) is 10.2 Å². The molecule has 2 aliphatic heterocycles. The van der Waals surface area contributed by atoms with Gasteiger partial charge in [0, 0.05) is 18.0 Å². The molecule has 4 rings (SSSR count). The number of nitrogens with zero attached hydrogens (tertiary/aromatic N) is 1. The number of aryl methyl sites for hydroxylation is 1. The third-order valence-corrected chi connectivity index (χ3v) is 6.85. The minimum absolute atomic E-state index is 0.0123. The van der Waals surface area contributed by atoms with Crippen molar-refractivity contribution in [2.75, 3.05) is 27.3 Å². The lowest BCUT2D eigenvalue weighted by molar-refractivity contribution is -0.154. The molecular formula is C21H29NO4. The van der Waals surface area contributed by atoms with Gasteiger partial charge in [-0.25, -0.2) is 0 Å². The minimum Gasteiger partial charge on any atom is -0.495 e. The van der Waals surface area contributed by atoms with Gasteiger partial charge in [0.2, 0.25) is 0 Å². The van der Waals surface area contributed by atoms with Crippen molar-refractivity contribution in [2.45, 2.75) is 56.8 Å². The Balaban J connectivity index is 1.99. The van der Waals surface area contributed by atoms with Crippen molar-refractivity contribution in [1.82, 2.24) is 4.90 Å². The van der Waals surface area contributed by atoms with Gasteiger partial charge in [-0.05, 0) is 58.5 Å². The summed E-state index contributed by atoms with van der Waals surface area (Å²) in [6.07, 6.45) is 3.09. The topological polar surface area (TPSA) is 51.2 Å². The third-order valence-electron chi connectivity index (χ3n) is 6.85. The number of rotatable bonds is 3. The Morgan fingerprint density at radius 2 is 2.15 bits per heavy atom. The van der Waals surface area contributed by atoms with Gasteiger partial charge in [-0.3, -0.25) is 0 Å². The van der Waals surface area contributed by atoms with Crippen LogP contribution in [0.2, 0.25) is 0 Å². The van der Waals surface area contributed by atoms with Gasteiger partial charge >= 0.3 is 0 Å². The fraction of sp³-hybridized carbons (Fsp3) is 0.619. The van der Waals surface area contributed by atoms with Gasteiger partial charge in [-0.1, -0.05) is 6.07 Å². The van der Waals surface area contributed by atoms with Crippen molar-refractivity contribution in [1.29, 1.82) is 0 Å². The first-order chi connectivity index (χ1) is 12.4. The number of ether oxygens (including phenoxy) is 3. The van der Waals surface area contributed by atoms with Gasteiger partial charge in [-0.15, -0.1) is 0 Å². The van der Waals surface area contributed by atoms with Crippen LogP contribution in [0.1, 0.15) is 37.8 Å². The van der Waals surface area contributed by atoms with E-state index in [1.165, 1.54) is 0 Å². The molecule has 0 radical (unpaired) electrons. The molecule has 1 aromatic carbocycles. The van der Waals surface area contributed by atoms with Crippen LogP contribution in [0.4, 0.5) is 0 Å². The van der Waals surface area contributed by atoms with Gasteiger partial charge < -0.3 is 24.2 Å². The van der Waals surface area contributed by atoms with Crippen molar-refractivity contribution < 1.29 is 19.3 Å². The zero-order chi connectivity index (χ0) is 18.7. The predicted molar refractivity (Wildman–Crippen MR) is 99.8 cm³/mol. The summed E-state index contributed by atoms with van der Waals surface area (Å²) in [6.45, 7) is 7.69. The van der Waals surface area contributed by atoms with Crippen molar-refractivity contribution in [3.63, 3.8) is 0 Å². The molecule has 1 aromatic rings. The molecule has 1 aliphatic carbocycles. The molecule has 3 aliphatic rings. The lowest BCUT2D eigenvalue weighted by Gasteiger charge is -2.58. The molecule has 1 spiro atoms. The summed E-state index contributed by atoms with van der Waals surface area (Å²) in [5.74, 6) is 2.32. The maximum absolute atomic E-state index is 12.0. The lowest BCUT2D eigenvalue weighted by Crippen LogP contribution is -2.71. The average molecular weight is 359 g/mol. The Labute approximate surface area is 155 Å². The molecule has 1 fully saturated rings. The Kier molecular flexibility index (Phi) is 4.01. The van der Waals surface area contributed by atoms with Crippen LogP contribution >= 0.6 is 0 Å². The number of hydrogen-bond donors (Lipinski definition) is 1. The molecular weight excluding hydrogens is 330 g/mol. The quantitative estimate of drug-likeness (QED) is 0.899. The third kappa shape index (κ3) is 1.99. The summed E-state index contributed by atoms with van der Waals surface area (Å²) in [7, 11) is 3.75. The Morgan fingerprint density at radius 1 is 1.38 bits per heavy atom. The monoisotopic (exact) mass is 359 g/mol. The van der Waals surface area contributed by atoms with E-state index in [2.05, 4.69) is 31.9 Å². The van der Waals surface area contributed by atoms with Gasteiger partial charge in [0.05, 0.1) is 24.7 Å². The normalized spacial score (nSPS) is 35.7. The van der Waals surface area contributed by atoms with Crippen molar-refractivity contribution >= 4 is 0 Å². The number of methoxy groups -OCH3 is 1. The fourth-order valence-corrected chi connectivity index (χ4v) is 5.36. The second-order valence-electron chi connectivity index (χ2n) is 7.83. The van der Waals surface area contributed by atoms with Crippen molar-refractivity contribution in [3.05, 3.63) is 35.1 Å². The number of aliphatic hydroxyl groups is 1. The Bertz CT molecular complexity index is 761. The molecule has 1 saturated heterocycles. The molecule has 26 heavy (non-hydrogen) atoms. The van der Waals surface area contributed by atoms with Crippen LogP contribution in [0.25, 0.3) is 0 Å². The average Bonchev–Trinajstić information content (AvgIpc) is 2.99. The largest absolute Gasteiger partial charge is 0.495 e. The maximum atomic E-state index is 12.0. The SMILES string of the molecule is CCOC1=CCC2(O)C(C)N(C)CCC23c2c(C)ccc(OC)c2OC13. The molecule has 4 atom stereocenters. The van der Waals surface area contributed by atoms with Gasteiger partial charge in [-0.2, -0.15) is 0 Å². The fourth-order valence-electron chi connectivity index (χ4n) is 5.36. The predicted octanol–water partition coefficient (Wildman–Crippen LogP) is 2.78. The van der Waals surface area contributed by atoms with Crippen molar-refractivity contribution in [2.24, 2.45) is 0 Å². The molecule has 0 saturated carbocycles. The zero-order valence-electron chi connectivity index (χ0n) is 16.3. The highest BCUT2D eigenvalue weighted by Gasteiger charge is 2.69. The Hall–Kier alpha value is -1.72. The van der Waals surface area contributed by atoms with Crippen LogP contribution in [0.5, 0.6) is 11.5 Å². The lowest BCUT2D eigenvalue weighted by atomic mass is 9.54. The highest BCUT2D eigenvalue weighted by Crippen LogP contribution is 2.62. The van der Waals surface area contributed by atoms with E-state index in [9.17, 15) is 5.11 Å². The standard InChI is InChI=1S/C21H29NO4/c1-6-25-16-9-10-21(23)14(3)22(4)12-11-20(21)17-13(2)7-8-15(24-5)18(17)26-19(16)20/h7-9,14,19,23H,6,10-12H2,1-5H3. The van der Waals surface area contributed by atoms with Crippen LogP contribution in [-0.4, -0.2) is 55.1 Å². The number of benzene rings is 1. The summed E-state index contributed by atoms with van der Waals surface area (Å²) < 4.78 is 18.0. The van der Waals surface area contributed by atoms with E-state index >= 15 is 0 Å². The highest BCUT2D eigenvalue weighted by molar-refractivity contribution is 5.61. The number of likely N-dealkylation sites (tertiary alicyclic amines) is 1. The second kappa shape index (κ2) is 5.89. The molecule has 5 nitrogen and oxygen atoms in total. The van der Waals surface area contributed by atoms with Crippen molar-refractivity contribution in [3.8, 4) is 11.5 Å². The van der Waals surface area contributed by atoms with E-state index in [0.29, 0.717) is 13.0 Å². The van der Waals surface area contributed by atoms with E-state index in [4.69, 9.17) is 14.2 Å². The van der Waals surface area contributed by atoms with E-state index < -0.39 is 11.0 Å². The van der Waals surface area contributed by atoms with Crippen LogP contribution < -0.4 is 9.47 Å². The van der Waals surface area contributed by atoms with Gasteiger partial charge in [0.15, 0.2) is 17.6 Å². The molecule has 0 bridgehead atoms. The highest BCUT2D eigenvalue weighted by atomic mass is 16.6. The van der Waals surface area contributed by atoms with E-state index in [-0.39, 0.29) is 12.1 Å². The molecule has 2 heterocycles. The second-order valence-corrected chi connectivity index (χ2v) is 7.83. The first kappa shape index (κ1) is 17.7. The van der Waals surface area contributed by atoms with Gasteiger partial charge in [0.1, 0.15) is 5.76 Å². The van der Waals surface area contributed by atoms with Crippen LogP contribution in [0.15, 0.2) is 24.0 Å². The first-order valence-corrected chi connectivity index (χ1v) is 9.51. The van der Waals surface area contributed by atoms with Crippen LogP contribution in [0.3, 0.4) is 0 Å². The summed E-state index contributed by atoms with van der Waals surface area (Å²) in [6, 6.07) is 4.03. The number of likely N-dealkylation sites (N-methyl/N-ethyl adjacent to an activating group) is 1. The zero-order valence-corrected chi connectivity index (χ0v) is 16.3. The van der Waals surface area contributed by atoms with Gasteiger partial charge in [0.25, 0.3) is 0 Å². The number of piperidine rings is 1. The molecule has 0 aromatic heterocycles. The molecule has 1 N–H and O–H groups in total. The van der Waals surface area contributed by atoms with Crippen LogP contribution in [0, 0.1) is 6.92 Å².